The number of nitrogens with zero attached hydrogens (tertiary/aromatic N) is 3. The molecule has 0 saturated carbocycles. The molecule has 2 aliphatic heterocycles. The summed E-state index contributed by atoms with van der Waals surface area (Å²) >= 11 is 0. The lowest BCUT2D eigenvalue weighted by molar-refractivity contribution is -0.170. The van der Waals surface area contributed by atoms with Crippen LogP contribution in [-0.2, 0) is 22.6 Å². The van der Waals surface area contributed by atoms with E-state index in [1.807, 2.05) is 55.3 Å². The minimum atomic E-state index is -0.867. The second kappa shape index (κ2) is 6.57. The van der Waals surface area contributed by atoms with E-state index < -0.39 is 5.72 Å². The fourth-order valence-electron chi connectivity index (χ4n) is 3.66. The number of amides is 1. The zero-order valence-electron chi connectivity index (χ0n) is 15.2. The van der Waals surface area contributed by atoms with Gasteiger partial charge >= 0.3 is 0 Å². The highest BCUT2D eigenvalue weighted by Crippen LogP contribution is 2.29. The maximum absolute atomic E-state index is 12.9. The van der Waals surface area contributed by atoms with Crippen LogP contribution in [0.2, 0.25) is 0 Å². The van der Waals surface area contributed by atoms with Crippen molar-refractivity contribution in [1.29, 1.82) is 0 Å². The molecule has 0 aliphatic carbocycles. The van der Waals surface area contributed by atoms with E-state index in [1.165, 1.54) is 11.1 Å². The summed E-state index contributed by atoms with van der Waals surface area (Å²) in [5, 5.41) is 1.66. The first kappa shape index (κ1) is 16.8. The van der Waals surface area contributed by atoms with Crippen LogP contribution in [-0.4, -0.2) is 41.0 Å². The minimum absolute atomic E-state index is 0.0773. The summed E-state index contributed by atoms with van der Waals surface area (Å²) in [5.41, 5.74) is 2.69. The maximum Gasteiger partial charge on any atom is 0.227 e. The predicted octanol–water partition coefficient (Wildman–Crippen LogP) is 3.00. The van der Waals surface area contributed by atoms with Crippen LogP contribution in [0.5, 0.6) is 0 Å². The maximum atomic E-state index is 12.9. The molecule has 5 heteroatoms. The third-order valence-corrected chi connectivity index (χ3v) is 4.97. The van der Waals surface area contributed by atoms with Crippen LogP contribution in [0.25, 0.3) is 0 Å². The summed E-state index contributed by atoms with van der Waals surface area (Å²) < 4.78 is 0. The molecule has 1 atom stereocenters. The van der Waals surface area contributed by atoms with Crippen LogP contribution in [0, 0.1) is 0 Å². The van der Waals surface area contributed by atoms with Crippen LogP contribution in [0.4, 0.5) is 0 Å². The second-order valence-corrected chi connectivity index (χ2v) is 7.08. The number of rotatable bonds is 3. The molecular formula is C21H23N3O2. The molecule has 0 spiro atoms. The fraction of sp³-hybridized carbons (Fsp3) is 0.333. The number of benzene rings is 2. The number of amidine groups is 1. The van der Waals surface area contributed by atoms with Crippen molar-refractivity contribution < 1.29 is 9.63 Å². The van der Waals surface area contributed by atoms with Gasteiger partial charge in [0.1, 0.15) is 0 Å². The van der Waals surface area contributed by atoms with Gasteiger partial charge in [-0.05, 0) is 24.5 Å². The van der Waals surface area contributed by atoms with E-state index in [0.717, 1.165) is 24.4 Å². The Morgan fingerprint density at radius 3 is 2.58 bits per heavy atom. The van der Waals surface area contributed by atoms with Crippen LogP contribution < -0.4 is 0 Å². The van der Waals surface area contributed by atoms with Gasteiger partial charge in [0.15, 0.2) is 11.6 Å². The molecule has 2 aliphatic rings. The molecule has 26 heavy (non-hydrogen) atoms. The Balaban J connectivity index is 1.49. The highest BCUT2D eigenvalue weighted by molar-refractivity contribution is 5.99. The van der Waals surface area contributed by atoms with Gasteiger partial charge in [-0.1, -0.05) is 54.6 Å². The normalized spacial score (nSPS) is 22.2. The number of fused-ring (bicyclic) bond motifs is 1. The zero-order valence-corrected chi connectivity index (χ0v) is 15.2. The molecule has 2 aromatic rings. The van der Waals surface area contributed by atoms with Crippen molar-refractivity contribution in [3.63, 3.8) is 0 Å². The van der Waals surface area contributed by atoms with Crippen molar-refractivity contribution in [3.8, 4) is 0 Å². The van der Waals surface area contributed by atoms with Crippen LogP contribution in [0.15, 0.2) is 59.6 Å². The van der Waals surface area contributed by atoms with Gasteiger partial charge in [0, 0.05) is 25.7 Å². The average Bonchev–Trinajstić information content (AvgIpc) is 2.96. The smallest absolute Gasteiger partial charge is 0.227 e. The van der Waals surface area contributed by atoms with Crippen molar-refractivity contribution in [2.45, 2.75) is 32.0 Å². The van der Waals surface area contributed by atoms with Gasteiger partial charge < -0.3 is 4.90 Å². The van der Waals surface area contributed by atoms with E-state index in [9.17, 15) is 4.79 Å². The quantitative estimate of drug-likeness (QED) is 0.856. The van der Waals surface area contributed by atoms with Gasteiger partial charge in [0.25, 0.3) is 0 Å². The molecule has 134 valence electrons. The number of carbonyl (C=O) groups excluding carboxylic acids is 1. The molecule has 1 unspecified atom stereocenters. The summed E-state index contributed by atoms with van der Waals surface area (Å²) in [6.07, 6.45) is 1.13. The standard InChI is InChI=1S/C21H23N3O2/c1-21(22-20(23(2)26-21)17-9-4-3-5-10-17)14-19(25)24-13-12-16-8-6-7-11-18(16)15-24/h3-11H,12-15H2,1-2H3. The number of hydroxylamine groups is 2. The Bertz CT molecular complexity index is 849. The Morgan fingerprint density at radius 1 is 1.12 bits per heavy atom. The molecule has 2 heterocycles. The number of hydrogen-bond donors (Lipinski definition) is 0. The summed E-state index contributed by atoms with van der Waals surface area (Å²) in [4.78, 5) is 25.4. The van der Waals surface area contributed by atoms with Gasteiger partial charge in [0.05, 0.1) is 6.42 Å². The molecule has 0 N–H and O–H groups in total. The van der Waals surface area contributed by atoms with Crippen molar-refractivity contribution in [2.75, 3.05) is 13.6 Å². The molecule has 4 rings (SSSR count). The Kier molecular flexibility index (Phi) is 4.24. The third-order valence-electron chi connectivity index (χ3n) is 4.97. The third kappa shape index (κ3) is 3.22. The summed E-state index contributed by atoms with van der Waals surface area (Å²) in [7, 11) is 1.83. The lowest BCUT2D eigenvalue weighted by Crippen LogP contribution is -2.40. The van der Waals surface area contributed by atoms with Crippen molar-refractivity contribution in [2.24, 2.45) is 4.99 Å². The molecular weight excluding hydrogens is 326 g/mol. The summed E-state index contributed by atoms with van der Waals surface area (Å²) in [6, 6.07) is 18.2. The van der Waals surface area contributed by atoms with Gasteiger partial charge in [-0.15, -0.1) is 0 Å². The monoisotopic (exact) mass is 349 g/mol. The topological polar surface area (TPSA) is 45.1 Å². The van der Waals surface area contributed by atoms with Crippen molar-refractivity contribution in [1.82, 2.24) is 9.96 Å². The first-order valence-electron chi connectivity index (χ1n) is 8.97. The van der Waals surface area contributed by atoms with Crippen LogP contribution in [0.3, 0.4) is 0 Å². The number of aliphatic imine (C=N–C) groups is 1. The first-order valence-corrected chi connectivity index (χ1v) is 8.97. The lowest BCUT2D eigenvalue weighted by Gasteiger charge is -2.31. The second-order valence-electron chi connectivity index (χ2n) is 7.08. The van der Waals surface area contributed by atoms with Gasteiger partial charge in [0.2, 0.25) is 5.91 Å². The first-order chi connectivity index (χ1) is 12.5. The molecule has 0 bridgehead atoms. The van der Waals surface area contributed by atoms with E-state index in [4.69, 9.17) is 9.83 Å². The highest BCUT2D eigenvalue weighted by Gasteiger charge is 2.39. The predicted molar refractivity (Wildman–Crippen MR) is 100 cm³/mol. The molecule has 5 nitrogen and oxygen atoms in total. The fourth-order valence-corrected chi connectivity index (χ4v) is 3.66. The molecule has 0 radical (unpaired) electrons. The molecule has 0 saturated heterocycles. The SMILES string of the molecule is CN1OC(C)(CC(=O)N2CCc3ccccc3C2)N=C1c1ccccc1. The highest BCUT2D eigenvalue weighted by atomic mass is 16.7. The van der Waals surface area contributed by atoms with Gasteiger partial charge in [-0.2, -0.15) is 0 Å². The minimum Gasteiger partial charge on any atom is -0.338 e. The Labute approximate surface area is 153 Å². The summed E-state index contributed by atoms with van der Waals surface area (Å²) in [5.74, 6) is 0.832. The van der Waals surface area contributed by atoms with E-state index in [0.29, 0.717) is 6.54 Å². The molecule has 2 aromatic carbocycles. The van der Waals surface area contributed by atoms with E-state index in [-0.39, 0.29) is 12.3 Å². The molecule has 0 aromatic heterocycles. The number of carbonyl (C=O) groups is 1. The van der Waals surface area contributed by atoms with Crippen LogP contribution in [0.1, 0.15) is 30.0 Å². The van der Waals surface area contributed by atoms with Crippen molar-refractivity contribution in [3.05, 3.63) is 71.3 Å². The number of hydrogen-bond acceptors (Lipinski definition) is 4. The van der Waals surface area contributed by atoms with Crippen LogP contribution >= 0.6 is 0 Å². The summed E-state index contributed by atoms with van der Waals surface area (Å²) in [6.45, 7) is 3.28. The van der Waals surface area contributed by atoms with Gasteiger partial charge in [-0.3, -0.25) is 4.79 Å². The molecule has 1 amide bonds. The average molecular weight is 349 g/mol. The van der Waals surface area contributed by atoms with E-state index in [2.05, 4.69) is 18.2 Å². The van der Waals surface area contributed by atoms with Crippen molar-refractivity contribution >= 4 is 11.7 Å². The van der Waals surface area contributed by atoms with E-state index >= 15 is 0 Å². The Morgan fingerprint density at radius 2 is 1.81 bits per heavy atom. The molecule has 0 fully saturated rings. The largest absolute Gasteiger partial charge is 0.338 e. The zero-order chi connectivity index (χ0) is 18.1. The Hall–Kier alpha value is -2.66. The van der Waals surface area contributed by atoms with E-state index in [1.54, 1.807) is 5.06 Å². The lowest BCUT2D eigenvalue weighted by atomic mass is 9.99. The van der Waals surface area contributed by atoms with Gasteiger partial charge in [-0.25, -0.2) is 14.9 Å².